The molecule has 5 nitrogen and oxygen atoms in total. The van der Waals surface area contributed by atoms with Gasteiger partial charge >= 0.3 is 11.9 Å². The van der Waals surface area contributed by atoms with Gasteiger partial charge in [0.05, 0.1) is 13.2 Å². The highest BCUT2D eigenvalue weighted by Gasteiger charge is 2.15. The standard InChI is InChI=1S/C19H23NO4/c1-19(2,3)24-18(22)7-5-6-14-23-17(21)13-10-15-8-11-16(20-4)12-9-15/h8-13H,5-7,14H2,1-3H3/b13-10+. The Labute approximate surface area is 143 Å². The van der Waals surface area contributed by atoms with Gasteiger partial charge in [0.15, 0.2) is 5.69 Å². The molecule has 0 aliphatic rings. The first-order valence-corrected chi connectivity index (χ1v) is 7.84. The van der Waals surface area contributed by atoms with E-state index in [1.165, 1.54) is 6.08 Å². The van der Waals surface area contributed by atoms with Crippen LogP contribution in [0, 0.1) is 6.57 Å². The Hall–Kier alpha value is -2.61. The smallest absolute Gasteiger partial charge is 0.330 e. The Balaban J connectivity index is 2.21. The topological polar surface area (TPSA) is 57.0 Å². The molecule has 1 aromatic carbocycles. The van der Waals surface area contributed by atoms with Gasteiger partial charge in [-0.1, -0.05) is 24.3 Å². The summed E-state index contributed by atoms with van der Waals surface area (Å²) in [5.41, 5.74) is 0.908. The zero-order valence-corrected chi connectivity index (χ0v) is 14.4. The summed E-state index contributed by atoms with van der Waals surface area (Å²) in [7, 11) is 0. The zero-order valence-electron chi connectivity index (χ0n) is 14.4. The average Bonchev–Trinajstić information content (AvgIpc) is 2.51. The van der Waals surface area contributed by atoms with Crippen LogP contribution in [0.2, 0.25) is 0 Å². The lowest BCUT2D eigenvalue weighted by Gasteiger charge is -2.19. The molecule has 0 saturated carbocycles. The lowest BCUT2D eigenvalue weighted by atomic mass is 10.2. The summed E-state index contributed by atoms with van der Waals surface area (Å²) in [6.07, 6.45) is 4.53. The summed E-state index contributed by atoms with van der Waals surface area (Å²) in [6, 6.07) is 6.90. The predicted octanol–water partition coefficient (Wildman–Crippen LogP) is 4.31. The number of ether oxygens (including phenoxy) is 2. The van der Waals surface area contributed by atoms with Crippen molar-refractivity contribution in [1.82, 2.24) is 0 Å². The van der Waals surface area contributed by atoms with Crippen molar-refractivity contribution in [2.75, 3.05) is 6.61 Å². The molecule has 1 rings (SSSR count). The van der Waals surface area contributed by atoms with Crippen molar-refractivity contribution < 1.29 is 19.1 Å². The molecule has 0 spiro atoms. The van der Waals surface area contributed by atoms with Crippen LogP contribution >= 0.6 is 0 Å². The number of benzene rings is 1. The Morgan fingerprint density at radius 3 is 2.42 bits per heavy atom. The number of nitrogens with zero attached hydrogens (tertiary/aromatic N) is 1. The molecule has 0 aliphatic carbocycles. The van der Waals surface area contributed by atoms with Gasteiger partial charge in [-0.15, -0.1) is 0 Å². The minimum absolute atomic E-state index is 0.239. The maximum atomic E-state index is 11.6. The van der Waals surface area contributed by atoms with E-state index in [2.05, 4.69) is 4.85 Å². The summed E-state index contributed by atoms with van der Waals surface area (Å²) in [5.74, 6) is -0.668. The molecule has 128 valence electrons. The highest BCUT2D eigenvalue weighted by atomic mass is 16.6. The van der Waals surface area contributed by atoms with Crippen molar-refractivity contribution in [2.24, 2.45) is 0 Å². The summed E-state index contributed by atoms with van der Waals surface area (Å²) < 4.78 is 10.3. The molecule has 24 heavy (non-hydrogen) atoms. The Morgan fingerprint density at radius 2 is 1.83 bits per heavy atom. The van der Waals surface area contributed by atoms with Crippen LogP contribution in [-0.4, -0.2) is 24.1 Å². The molecule has 0 atom stereocenters. The van der Waals surface area contributed by atoms with Gasteiger partial charge in [0.1, 0.15) is 5.60 Å². The number of esters is 2. The number of hydrogen-bond donors (Lipinski definition) is 0. The Kier molecular flexibility index (Phi) is 7.70. The van der Waals surface area contributed by atoms with Crippen molar-refractivity contribution >= 4 is 23.7 Å². The van der Waals surface area contributed by atoms with E-state index < -0.39 is 11.6 Å². The number of carbonyl (C=O) groups excluding carboxylic acids is 2. The molecule has 0 amide bonds. The molecule has 0 saturated heterocycles. The van der Waals surface area contributed by atoms with Crippen LogP contribution in [0.15, 0.2) is 30.3 Å². The molecule has 1 aromatic rings. The first-order valence-electron chi connectivity index (χ1n) is 7.84. The van der Waals surface area contributed by atoms with Gasteiger partial charge in [0.25, 0.3) is 0 Å². The normalized spacial score (nSPS) is 11.1. The fraction of sp³-hybridized carbons (Fsp3) is 0.421. The van der Waals surface area contributed by atoms with Gasteiger partial charge in [0, 0.05) is 12.5 Å². The third kappa shape index (κ3) is 8.74. The minimum atomic E-state index is -0.471. The van der Waals surface area contributed by atoms with Crippen LogP contribution in [0.1, 0.15) is 45.6 Å². The Bertz CT molecular complexity index is 618. The molecule has 0 unspecified atom stereocenters. The summed E-state index contributed by atoms with van der Waals surface area (Å²) in [5, 5.41) is 0. The first kappa shape index (κ1) is 19.4. The van der Waals surface area contributed by atoms with Crippen LogP contribution in [0.4, 0.5) is 5.69 Å². The van der Waals surface area contributed by atoms with E-state index >= 15 is 0 Å². The molecule has 0 aromatic heterocycles. The molecule has 0 N–H and O–H groups in total. The number of hydrogen-bond acceptors (Lipinski definition) is 4. The van der Waals surface area contributed by atoms with E-state index in [1.54, 1.807) is 30.3 Å². The van der Waals surface area contributed by atoms with Gasteiger partial charge in [-0.2, -0.15) is 0 Å². The fourth-order valence-electron chi connectivity index (χ4n) is 1.81. The van der Waals surface area contributed by atoms with E-state index in [4.69, 9.17) is 16.0 Å². The molecular weight excluding hydrogens is 306 g/mol. The second-order valence-electron chi connectivity index (χ2n) is 6.25. The molecular formula is C19H23NO4. The summed E-state index contributed by atoms with van der Waals surface area (Å²) >= 11 is 0. The van der Waals surface area contributed by atoms with Crippen LogP contribution in [0.25, 0.3) is 10.9 Å². The van der Waals surface area contributed by atoms with Crippen molar-refractivity contribution in [2.45, 2.75) is 45.6 Å². The first-order chi connectivity index (χ1) is 11.3. The molecule has 0 aliphatic heterocycles. The highest BCUT2D eigenvalue weighted by molar-refractivity contribution is 5.87. The number of rotatable bonds is 7. The molecule has 0 bridgehead atoms. The zero-order chi connectivity index (χ0) is 18.0. The molecule has 0 radical (unpaired) electrons. The lowest BCUT2D eigenvalue weighted by molar-refractivity contribution is -0.154. The SMILES string of the molecule is [C-]#[N+]c1ccc(/C=C/C(=O)OCCCCC(=O)OC(C)(C)C)cc1. The fourth-order valence-corrected chi connectivity index (χ4v) is 1.81. The van der Waals surface area contributed by atoms with E-state index in [-0.39, 0.29) is 12.6 Å². The largest absolute Gasteiger partial charge is 0.463 e. The van der Waals surface area contributed by atoms with Crippen LogP contribution in [-0.2, 0) is 19.1 Å². The minimum Gasteiger partial charge on any atom is -0.463 e. The highest BCUT2D eigenvalue weighted by Crippen LogP contribution is 2.13. The van der Waals surface area contributed by atoms with Gasteiger partial charge in [0.2, 0.25) is 0 Å². The van der Waals surface area contributed by atoms with Gasteiger partial charge in [-0.25, -0.2) is 9.64 Å². The van der Waals surface area contributed by atoms with Crippen LogP contribution in [0.5, 0.6) is 0 Å². The van der Waals surface area contributed by atoms with Gasteiger partial charge < -0.3 is 9.47 Å². The van der Waals surface area contributed by atoms with E-state index in [9.17, 15) is 9.59 Å². The van der Waals surface area contributed by atoms with Crippen molar-refractivity contribution in [3.05, 3.63) is 47.3 Å². The van der Waals surface area contributed by atoms with Gasteiger partial charge in [-0.3, -0.25) is 4.79 Å². The lowest BCUT2D eigenvalue weighted by Crippen LogP contribution is -2.23. The van der Waals surface area contributed by atoms with E-state index in [0.29, 0.717) is 24.9 Å². The predicted molar refractivity (Wildman–Crippen MR) is 92.4 cm³/mol. The third-order valence-electron chi connectivity index (χ3n) is 2.87. The van der Waals surface area contributed by atoms with Crippen LogP contribution in [0.3, 0.4) is 0 Å². The summed E-state index contributed by atoms with van der Waals surface area (Å²) in [6.45, 7) is 12.6. The average molecular weight is 329 g/mol. The molecule has 0 fully saturated rings. The van der Waals surface area contributed by atoms with Crippen LogP contribution < -0.4 is 0 Å². The third-order valence-corrected chi connectivity index (χ3v) is 2.87. The maximum Gasteiger partial charge on any atom is 0.330 e. The quantitative estimate of drug-likeness (QED) is 0.324. The number of unbranched alkanes of at least 4 members (excludes halogenated alkanes) is 1. The second kappa shape index (κ2) is 9.51. The second-order valence-corrected chi connectivity index (χ2v) is 6.25. The van der Waals surface area contributed by atoms with Crippen molar-refractivity contribution in [3.8, 4) is 0 Å². The maximum absolute atomic E-state index is 11.6. The van der Waals surface area contributed by atoms with Gasteiger partial charge in [-0.05, 0) is 45.3 Å². The molecule has 5 heteroatoms. The molecule has 0 heterocycles. The monoisotopic (exact) mass is 329 g/mol. The van der Waals surface area contributed by atoms with Crippen molar-refractivity contribution in [3.63, 3.8) is 0 Å². The number of carbonyl (C=O) groups is 2. The van der Waals surface area contributed by atoms with E-state index in [1.807, 2.05) is 20.8 Å². The van der Waals surface area contributed by atoms with Crippen molar-refractivity contribution in [1.29, 1.82) is 0 Å². The Morgan fingerprint density at radius 1 is 1.17 bits per heavy atom. The van der Waals surface area contributed by atoms with E-state index in [0.717, 1.165) is 5.56 Å². The summed E-state index contributed by atoms with van der Waals surface area (Å²) in [4.78, 5) is 26.4.